The van der Waals surface area contributed by atoms with E-state index in [1.54, 1.807) is 0 Å². The molecule has 4 rings (SSSR count). The van der Waals surface area contributed by atoms with Gasteiger partial charge in [-0.15, -0.1) is 0 Å². The second kappa shape index (κ2) is 7.40. The van der Waals surface area contributed by atoms with E-state index in [9.17, 15) is 0 Å². The van der Waals surface area contributed by atoms with Gasteiger partial charge >= 0.3 is 0 Å². The van der Waals surface area contributed by atoms with E-state index in [-0.39, 0.29) is 19.1 Å². The molecule has 1 N–H and O–H groups in total. The van der Waals surface area contributed by atoms with Crippen molar-refractivity contribution in [3.05, 3.63) is 59.7 Å². The highest BCUT2D eigenvalue weighted by molar-refractivity contribution is 5.96. The molecule has 0 fully saturated rings. The number of aromatic nitrogens is 5. The predicted octanol–water partition coefficient (Wildman–Crippen LogP) is 2.50. The Morgan fingerprint density at radius 2 is 2.11 bits per heavy atom. The fourth-order valence-electron chi connectivity index (χ4n) is 3.23. The van der Waals surface area contributed by atoms with Gasteiger partial charge in [0.1, 0.15) is 18.0 Å². The van der Waals surface area contributed by atoms with Crippen LogP contribution in [0.5, 0.6) is 0 Å². The fraction of sp³-hybridized carbons (Fsp3) is 0.300. The van der Waals surface area contributed by atoms with E-state index in [2.05, 4.69) is 40.4 Å². The summed E-state index contributed by atoms with van der Waals surface area (Å²) in [6, 6.07) is 10.1. The van der Waals surface area contributed by atoms with Gasteiger partial charge in [0.25, 0.3) is 0 Å². The summed E-state index contributed by atoms with van der Waals surface area (Å²) in [6.07, 6.45) is 3.74. The lowest BCUT2D eigenvalue weighted by Gasteiger charge is -2.12. The molecule has 0 aliphatic carbocycles. The first-order valence-corrected chi connectivity index (χ1v) is 9.12. The van der Waals surface area contributed by atoms with Crippen molar-refractivity contribution in [2.75, 3.05) is 13.2 Å². The fourth-order valence-corrected chi connectivity index (χ4v) is 3.23. The predicted molar refractivity (Wildman–Crippen MR) is 106 cm³/mol. The summed E-state index contributed by atoms with van der Waals surface area (Å²) in [6.45, 7) is 4.04. The van der Waals surface area contributed by atoms with Gasteiger partial charge in [-0.05, 0) is 36.8 Å². The summed E-state index contributed by atoms with van der Waals surface area (Å²) in [5.74, 6) is 0.102. The monoisotopic (exact) mass is 378 g/mol. The van der Waals surface area contributed by atoms with Gasteiger partial charge in [0, 0.05) is 18.4 Å². The van der Waals surface area contributed by atoms with Crippen LogP contribution < -0.4 is 0 Å². The second-order valence-corrected chi connectivity index (χ2v) is 6.71. The van der Waals surface area contributed by atoms with Gasteiger partial charge in [0.2, 0.25) is 0 Å². The lowest BCUT2D eigenvalue weighted by molar-refractivity contribution is 0.0986. The zero-order valence-electron chi connectivity index (χ0n) is 16.1. The van der Waals surface area contributed by atoms with Crippen molar-refractivity contribution < 1.29 is 9.94 Å². The third-order valence-electron chi connectivity index (χ3n) is 4.86. The lowest BCUT2D eigenvalue weighted by atomic mass is 9.97. The first-order valence-electron chi connectivity index (χ1n) is 9.12. The third-order valence-corrected chi connectivity index (χ3v) is 4.86. The van der Waals surface area contributed by atoms with Crippen molar-refractivity contribution in [3.63, 3.8) is 0 Å². The number of aliphatic hydroxyl groups excluding tert-OH is 1. The van der Waals surface area contributed by atoms with Crippen molar-refractivity contribution in [2.45, 2.75) is 19.8 Å². The molecule has 1 aromatic carbocycles. The van der Waals surface area contributed by atoms with Crippen LogP contribution in [0.3, 0.4) is 0 Å². The van der Waals surface area contributed by atoms with E-state index in [1.165, 1.54) is 5.56 Å². The van der Waals surface area contributed by atoms with Crippen LogP contribution >= 0.6 is 0 Å². The second-order valence-electron chi connectivity index (χ2n) is 6.71. The summed E-state index contributed by atoms with van der Waals surface area (Å²) < 4.78 is 3.71. The summed E-state index contributed by atoms with van der Waals surface area (Å²) in [5, 5.41) is 22.9. The van der Waals surface area contributed by atoms with Crippen LogP contribution in [0.1, 0.15) is 36.7 Å². The number of oxime groups is 1. The van der Waals surface area contributed by atoms with Gasteiger partial charge in [-0.2, -0.15) is 10.2 Å². The van der Waals surface area contributed by atoms with E-state index in [4.69, 9.17) is 15.0 Å². The Balaban J connectivity index is 1.70. The number of rotatable bonds is 6. The highest BCUT2D eigenvalue weighted by Crippen LogP contribution is 2.27. The smallest absolute Gasteiger partial charge is 0.153 e. The van der Waals surface area contributed by atoms with E-state index >= 15 is 0 Å². The summed E-state index contributed by atoms with van der Waals surface area (Å²) >= 11 is 0. The molecule has 0 amide bonds. The van der Waals surface area contributed by atoms with Crippen LogP contribution in [0.2, 0.25) is 0 Å². The van der Waals surface area contributed by atoms with Crippen molar-refractivity contribution in [1.82, 2.24) is 24.4 Å². The van der Waals surface area contributed by atoms with Gasteiger partial charge in [0.15, 0.2) is 5.65 Å². The third kappa shape index (κ3) is 3.22. The maximum absolute atomic E-state index is 8.81. The number of aryl methyl sites for hydroxylation is 1. The topological polar surface area (TPSA) is 89.8 Å². The van der Waals surface area contributed by atoms with Gasteiger partial charge in [-0.25, -0.2) is 9.50 Å². The Labute approximate surface area is 162 Å². The Hall–Kier alpha value is -3.26. The normalized spacial score (nSPS) is 13.4. The van der Waals surface area contributed by atoms with E-state index < -0.39 is 0 Å². The van der Waals surface area contributed by atoms with Crippen molar-refractivity contribution in [3.8, 4) is 0 Å². The molecular weight excluding hydrogens is 356 g/mol. The van der Waals surface area contributed by atoms with Crippen LogP contribution in [-0.4, -0.2) is 48.4 Å². The number of imidazole rings is 1. The van der Waals surface area contributed by atoms with E-state index in [0.29, 0.717) is 11.4 Å². The summed E-state index contributed by atoms with van der Waals surface area (Å²) in [7, 11) is 1.94. The lowest BCUT2D eigenvalue weighted by Crippen LogP contribution is -2.08. The highest BCUT2D eigenvalue weighted by atomic mass is 16.6. The first kappa shape index (κ1) is 18.1. The highest BCUT2D eigenvalue weighted by Gasteiger charge is 2.16. The average molecular weight is 378 g/mol. The Morgan fingerprint density at radius 1 is 1.25 bits per heavy atom. The van der Waals surface area contributed by atoms with Crippen LogP contribution in [0.25, 0.3) is 16.6 Å². The Morgan fingerprint density at radius 3 is 2.93 bits per heavy atom. The number of fused-ring (bicyclic) bond motifs is 2. The SMILES string of the molecule is C/C(=N\OCCO)c1ccc2ncc(C(C)c3ccc4c(cnn4C)c3)n2n1. The molecule has 28 heavy (non-hydrogen) atoms. The molecule has 0 radical (unpaired) electrons. The van der Waals surface area contributed by atoms with Crippen molar-refractivity contribution >= 4 is 22.3 Å². The van der Waals surface area contributed by atoms with Crippen LogP contribution in [0, 0.1) is 0 Å². The quantitative estimate of drug-likeness (QED) is 0.316. The number of nitrogens with zero attached hydrogens (tertiary/aromatic N) is 6. The minimum atomic E-state index is -0.0757. The number of aliphatic hydroxyl groups is 1. The molecule has 1 atom stereocenters. The van der Waals surface area contributed by atoms with Crippen molar-refractivity contribution in [1.29, 1.82) is 0 Å². The molecule has 0 aliphatic heterocycles. The van der Waals surface area contributed by atoms with Gasteiger partial charge in [-0.3, -0.25) is 4.68 Å². The molecule has 0 bridgehead atoms. The Bertz CT molecular complexity index is 1160. The number of benzene rings is 1. The van der Waals surface area contributed by atoms with Gasteiger partial charge in [-0.1, -0.05) is 18.1 Å². The van der Waals surface area contributed by atoms with Gasteiger partial charge < -0.3 is 9.94 Å². The molecule has 3 aromatic heterocycles. The molecule has 144 valence electrons. The molecule has 1 unspecified atom stereocenters. The van der Waals surface area contributed by atoms with Gasteiger partial charge in [0.05, 0.1) is 30.2 Å². The van der Waals surface area contributed by atoms with E-state index in [0.717, 1.165) is 22.2 Å². The zero-order valence-corrected chi connectivity index (χ0v) is 16.1. The average Bonchev–Trinajstić information content (AvgIpc) is 3.30. The molecule has 4 aromatic rings. The largest absolute Gasteiger partial charge is 0.393 e. The first-order chi connectivity index (χ1) is 13.6. The molecular formula is C20H22N6O2. The molecule has 3 heterocycles. The molecule has 0 spiro atoms. The molecule has 8 heteroatoms. The standard InChI is InChI=1S/C20H22N6O2/c1-13(15-4-6-18-16(10-15)11-22-25(18)3)19-12-21-20-7-5-17(23-26(19)20)14(2)24-28-9-8-27/h4-7,10-13,27H,8-9H2,1-3H3/b24-14+. The van der Waals surface area contributed by atoms with Crippen LogP contribution in [0.4, 0.5) is 0 Å². The minimum absolute atomic E-state index is 0.0757. The Kier molecular flexibility index (Phi) is 4.79. The minimum Gasteiger partial charge on any atom is -0.393 e. The molecule has 0 saturated carbocycles. The van der Waals surface area contributed by atoms with Crippen molar-refractivity contribution in [2.24, 2.45) is 12.2 Å². The number of hydrogen-bond donors (Lipinski definition) is 1. The summed E-state index contributed by atoms with van der Waals surface area (Å²) in [5.41, 5.74) is 5.37. The van der Waals surface area contributed by atoms with E-state index in [1.807, 2.05) is 47.7 Å². The molecule has 0 aliphatic rings. The zero-order chi connectivity index (χ0) is 19.7. The maximum atomic E-state index is 8.81. The maximum Gasteiger partial charge on any atom is 0.153 e. The molecule has 8 nitrogen and oxygen atoms in total. The van der Waals surface area contributed by atoms with Crippen LogP contribution in [-0.2, 0) is 11.9 Å². The molecule has 0 saturated heterocycles. The number of hydrogen-bond acceptors (Lipinski definition) is 6. The van der Waals surface area contributed by atoms with Crippen LogP contribution in [0.15, 0.2) is 47.9 Å². The summed E-state index contributed by atoms with van der Waals surface area (Å²) in [4.78, 5) is 9.53.